The molecule has 0 fully saturated rings. The zero-order valence-electron chi connectivity index (χ0n) is 26.5. The molecule has 2 nitrogen and oxygen atoms in total. The van der Waals surface area contributed by atoms with Crippen LogP contribution in [0.15, 0.2) is 180 Å². The van der Waals surface area contributed by atoms with Crippen LogP contribution in [0.5, 0.6) is 0 Å². The molecule has 0 amide bonds. The Labute approximate surface area is 287 Å². The number of rotatable bonds is 5. The summed E-state index contributed by atoms with van der Waals surface area (Å²) in [6, 6.07) is 63.3. The van der Waals surface area contributed by atoms with Gasteiger partial charge in [-0.25, -0.2) is 0 Å². The summed E-state index contributed by atoms with van der Waals surface area (Å²) in [5.74, 6) is 0. The first-order valence-corrected chi connectivity index (χ1v) is 17.4. The molecule has 10 rings (SSSR count). The number of thiophene rings is 1. The molecule has 0 radical (unpaired) electrons. The Morgan fingerprint density at radius 1 is 0.408 bits per heavy atom. The highest BCUT2D eigenvalue weighted by molar-refractivity contribution is 7.26. The van der Waals surface area contributed by atoms with Crippen molar-refractivity contribution in [3.63, 3.8) is 0 Å². The quantitative estimate of drug-likeness (QED) is 0.186. The fourth-order valence-corrected chi connectivity index (χ4v) is 8.53. The lowest BCUT2D eigenvalue weighted by molar-refractivity contribution is 0.672. The van der Waals surface area contributed by atoms with Crippen LogP contribution in [0.2, 0.25) is 0 Å². The van der Waals surface area contributed by atoms with Gasteiger partial charge in [-0.15, -0.1) is 11.3 Å². The first kappa shape index (κ1) is 27.9. The number of nitrogens with zero attached hydrogens (tertiary/aromatic N) is 1. The molecule has 49 heavy (non-hydrogen) atoms. The van der Waals surface area contributed by atoms with E-state index in [2.05, 4.69) is 181 Å². The van der Waals surface area contributed by atoms with Gasteiger partial charge in [0.1, 0.15) is 11.2 Å². The number of furan rings is 1. The molecule has 0 aliphatic heterocycles. The zero-order valence-corrected chi connectivity index (χ0v) is 27.3. The van der Waals surface area contributed by atoms with E-state index in [4.69, 9.17) is 4.42 Å². The van der Waals surface area contributed by atoms with E-state index in [0.717, 1.165) is 44.4 Å². The van der Waals surface area contributed by atoms with Crippen molar-refractivity contribution in [2.75, 3.05) is 4.90 Å². The fourth-order valence-electron chi connectivity index (χ4n) is 7.41. The van der Waals surface area contributed by atoms with Crippen molar-refractivity contribution in [3.8, 4) is 22.3 Å². The highest BCUT2D eigenvalue weighted by Crippen LogP contribution is 2.49. The van der Waals surface area contributed by atoms with Crippen LogP contribution in [-0.4, -0.2) is 0 Å². The van der Waals surface area contributed by atoms with Crippen molar-refractivity contribution in [2.24, 2.45) is 0 Å². The third kappa shape index (κ3) is 4.55. The van der Waals surface area contributed by atoms with E-state index < -0.39 is 0 Å². The molecular weight excluding hydrogens is 615 g/mol. The molecule has 0 bridgehead atoms. The van der Waals surface area contributed by atoms with Gasteiger partial charge in [-0.05, 0) is 82.2 Å². The Morgan fingerprint density at radius 2 is 1.02 bits per heavy atom. The van der Waals surface area contributed by atoms with Crippen molar-refractivity contribution in [3.05, 3.63) is 176 Å². The molecule has 0 unspecified atom stereocenters. The second-order valence-corrected chi connectivity index (χ2v) is 13.6. The molecule has 3 heteroatoms. The highest BCUT2D eigenvalue weighted by atomic mass is 32.1. The number of hydrogen-bond donors (Lipinski definition) is 0. The molecule has 230 valence electrons. The van der Waals surface area contributed by atoms with Crippen LogP contribution >= 0.6 is 11.3 Å². The van der Waals surface area contributed by atoms with Crippen molar-refractivity contribution in [2.45, 2.75) is 0 Å². The van der Waals surface area contributed by atoms with Crippen LogP contribution in [0.4, 0.5) is 17.1 Å². The molecule has 8 aromatic carbocycles. The van der Waals surface area contributed by atoms with Gasteiger partial charge in [0, 0.05) is 36.6 Å². The maximum Gasteiger partial charge on any atom is 0.143 e. The van der Waals surface area contributed by atoms with Crippen LogP contribution in [0, 0.1) is 0 Å². The summed E-state index contributed by atoms with van der Waals surface area (Å²) in [6.07, 6.45) is 0. The summed E-state index contributed by atoms with van der Waals surface area (Å²) < 4.78 is 9.28. The molecule has 0 aliphatic carbocycles. The van der Waals surface area contributed by atoms with Crippen molar-refractivity contribution >= 4 is 81.3 Å². The molecule has 0 saturated carbocycles. The molecule has 0 spiro atoms. The average Bonchev–Trinajstić information content (AvgIpc) is 3.75. The fraction of sp³-hybridized carbons (Fsp3) is 0. The first-order valence-electron chi connectivity index (χ1n) is 16.6. The highest BCUT2D eigenvalue weighted by Gasteiger charge is 2.24. The summed E-state index contributed by atoms with van der Waals surface area (Å²) in [7, 11) is 0. The second-order valence-electron chi connectivity index (χ2n) is 12.5. The van der Waals surface area contributed by atoms with Crippen molar-refractivity contribution in [1.82, 2.24) is 0 Å². The topological polar surface area (TPSA) is 16.4 Å². The molecule has 0 atom stereocenters. The van der Waals surface area contributed by atoms with Gasteiger partial charge >= 0.3 is 0 Å². The average molecular weight is 644 g/mol. The van der Waals surface area contributed by atoms with E-state index in [1.54, 1.807) is 0 Å². The Bertz CT molecular complexity index is 2770. The van der Waals surface area contributed by atoms with Gasteiger partial charge in [0.2, 0.25) is 0 Å². The van der Waals surface area contributed by atoms with E-state index in [0.29, 0.717) is 0 Å². The summed E-state index contributed by atoms with van der Waals surface area (Å²) in [4.78, 5) is 2.47. The maximum absolute atomic E-state index is 6.73. The van der Waals surface area contributed by atoms with E-state index in [-0.39, 0.29) is 0 Å². The number of fused-ring (bicyclic) bond motifs is 8. The van der Waals surface area contributed by atoms with Crippen LogP contribution in [-0.2, 0) is 0 Å². The molecular formula is C46H29NOS. The van der Waals surface area contributed by atoms with Gasteiger partial charge in [-0.2, -0.15) is 0 Å². The van der Waals surface area contributed by atoms with Crippen LogP contribution in [0.3, 0.4) is 0 Å². The minimum absolute atomic E-state index is 0.874. The van der Waals surface area contributed by atoms with Gasteiger partial charge in [-0.1, -0.05) is 121 Å². The maximum atomic E-state index is 6.73. The molecule has 10 aromatic rings. The van der Waals surface area contributed by atoms with Gasteiger partial charge in [0.25, 0.3) is 0 Å². The normalized spacial score (nSPS) is 11.7. The van der Waals surface area contributed by atoms with Gasteiger partial charge in [-0.3, -0.25) is 0 Å². The third-order valence-electron chi connectivity index (χ3n) is 9.62. The van der Waals surface area contributed by atoms with Gasteiger partial charge < -0.3 is 9.32 Å². The summed E-state index contributed by atoms with van der Waals surface area (Å²) >= 11 is 1.85. The molecule has 2 heterocycles. The number of benzene rings is 8. The van der Waals surface area contributed by atoms with Crippen LogP contribution < -0.4 is 4.90 Å². The van der Waals surface area contributed by atoms with Crippen molar-refractivity contribution in [1.29, 1.82) is 0 Å². The summed E-state index contributed by atoms with van der Waals surface area (Å²) in [5.41, 5.74) is 9.80. The summed E-state index contributed by atoms with van der Waals surface area (Å²) in [6.45, 7) is 0. The lowest BCUT2D eigenvalue weighted by Gasteiger charge is -2.28. The third-order valence-corrected chi connectivity index (χ3v) is 10.8. The smallest absolute Gasteiger partial charge is 0.143 e. The first-order chi connectivity index (χ1) is 24.3. The number of hydrogen-bond acceptors (Lipinski definition) is 3. The number of anilines is 3. The van der Waals surface area contributed by atoms with E-state index in [1.807, 2.05) is 11.3 Å². The lowest BCUT2D eigenvalue weighted by Crippen LogP contribution is -2.11. The van der Waals surface area contributed by atoms with Crippen LogP contribution in [0.1, 0.15) is 0 Å². The zero-order chi connectivity index (χ0) is 32.3. The molecule has 0 aliphatic rings. The van der Waals surface area contributed by atoms with Crippen molar-refractivity contribution < 1.29 is 4.42 Å². The predicted molar refractivity (Wildman–Crippen MR) is 210 cm³/mol. The second kappa shape index (κ2) is 11.2. The summed E-state index contributed by atoms with van der Waals surface area (Å²) in [5, 5.41) is 7.03. The Hall–Kier alpha value is -6.16. The predicted octanol–water partition coefficient (Wildman–Crippen LogP) is 13.9. The molecule has 0 N–H and O–H groups in total. The Balaban J connectivity index is 1.34. The molecule has 0 saturated heterocycles. The molecule has 2 aromatic heterocycles. The van der Waals surface area contributed by atoms with Gasteiger partial charge in [0.15, 0.2) is 0 Å². The minimum Gasteiger partial charge on any atom is -0.455 e. The van der Waals surface area contributed by atoms with Crippen LogP contribution in [0.25, 0.3) is 75.1 Å². The van der Waals surface area contributed by atoms with Gasteiger partial charge in [0.05, 0.1) is 16.8 Å². The minimum atomic E-state index is 0.874. The Kier molecular flexibility index (Phi) is 6.39. The largest absolute Gasteiger partial charge is 0.455 e. The Morgan fingerprint density at radius 3 is 1.78 bits per heavy atom. The standard InChI is InChI=1S/C46H29NOS/c1-3-13-30(14-4-1)33-27-34(31-15-5-2-6-16-31)29-35(28-33)47(40-21-12-24-43-45(40)37-19-9-10-23-42(37)49-43)39-20-11-22-41-44(39)38-26-25-32-17-7-8-18-36(32)46(38)48-41/h1-29H. The lowest BCUT2D eigenvalue weighted by atomic mass is 9.96. The van der Waals surface area contributed by atoms with E-state index >= 15 is 0 Å². The SMILES string of the molecule is c1ccc(-c2cc(-c3ccccc3)cc(N(c3cccc4oc5c6ccccc6ccc5c34)c3cccc4sc5ccccc5c34)c2)cc1. The van der Waals surface area contributed by atoms with E-state index in [1.165, 1.54) is 47.8 Å². The monoisotopic (exact) mass is 643 g/mol. The van der Waals surface area contributed by atoms with E-state index in [9.17, 15) is 0 Å².